The van der Waals surface area contributed by atoms with Crippen LogP contribution in [-0.4, -0.2) is 26.2 Å². The van der Waals surface area contributed by atoms with Crippen molar-refractivity contribution in [2.24, 2.45) is 5.92 Å². The molecule has 1 atom stereocenters. The van der Waals surface area contributed by atoms with Gasteiger partial charge in [-0.15, -0.1) is 0 Å². The third-order valence-electron chi connectivity index (χ3n) is 3.95. The first kappa shape index (κ1) is 16.9. The Morgan fingerprint density at radius 1 is 1.19 bits per heavy atom. The van der Waals surface area contributed by atoms with Gasteiger partial charge in [0.15, 0.2) is 0 Å². The topological polar surface area (TPSA) is 63.6 Å². The quantitative estimate of drug-likeness (QED) is 0.771. The Kier molecular flexibility index (Phi) is 6.22. The molecule has 0 heterocycles. The first-order valence-corrected chi connectivity index (χ1v) is 9.52. The first-order valence-electron chi connectivity index (χ1n) is 7.32. The van der Waals surface area contributed by atoms with Crippen LogP contribution in [0.5, 0.6) is 0 Å². The van der Waals surface area contributed by atoms with Gasteiger partial charge < -0.3 is 5.11 Å². The fourth-order valence-electron chi connectivity index (χ4n) is 2.70. The zero-order valence-electron chi connectivity index (χ0n) is 11.9. The molecule has 21 heavy (non-hydrogen) atoms. The summed E-state index contributed by atoms with van der Waals surface area (Å²) in [5.41, 5.74) is 0. The second-order valence-corrected chi connectivity index (χ2v) is 8.02. The minimum Gasteiger partial charge on any atom is -0.393 e. The normalized spacial score (nSPS) is 18.6. The van der Waals surface area contributed by atoms with Crippen molar-refractivity contribution in [3.05, 3.63) is 28.7 Å². The number of hydrogen-bond acceptors (Lipinski definition) is 4. The van der Waals surface area contributed by atoms with E-state index >= 15 is 0 Å². The highest BCUT2D eigenvalue weighted by atomic mass is 79.9. The van der Waals surface area contributed by atoms with Crippen molar-refractivity contribution < 1.29 is 17.7 Å². The molecule has 0 spiro atoms. The monoisotopic (exact) mass is 376 g/mol. The summed E-state index contributed by atoms with van der Waals surface area (Å²) in [4.78, 5) is 0.137. The summed E-state index contributed by atoms with van der Waals surface area (Å²) in [6.07, 6.45) is 5.49. The standard InChI is InChI=1S/C15H21BrO4S/c16-13-6-8-14(9-7-13)21(18,19)20-11-10-15(17)12-4-2-1-3-5-12/h6-9,12,15,17H,1-5,10-11H2. The third kappa shape index (κ3) is 5.06. The molecule has 1 aromatic carbocycles. The van der Waals surface area contributed by atoms with E-state index in [1.165, 1.54) is 18.6 Å². The molecule has 1 N–H and O–H groups in total. The molecule has 1 aliphatic rings. The molecular formula is C15H21BrO4S. The number of rotatable bonds is 6. The van der Waals surface area contributed by atoms with Crippen molar-refractivity contribution in [3.63, 3.8) is 0 Å². The number of aliphatic hydroxyl groups excluding tert-OH is 1. The molecule has 1 aliphatic carbocycles. The number of benzene rings is 1. The van der Waals surface area contributed by atoms with Crippen LogP contribution in [0.2, 0.25) is 0 Å². The Hall–Kier alpha value is -0.430. The Morgan fingerprint density at radius 2 is 1.81 bits per heavy atom. The van der Waals surface area contributed by atoms with Crippen LogP contribution >= 0.6 is 15.9 Å². The van der Waals surface area contributed by atoms with Gasteiger partial charge in [0, 0.05) is 4.47 Å². The maximum Gasteiger partial charge on any atom is 0.296 e. The van der Waals surface area contributed by atoms with Crippen LogP contribution in [-0.2, 0) is 14.3 Å². The van der Waals surface area contributed by atoms with Crippen LogP contribution in [0.4, 0.5) is 0 Å². The summed E-state index contributed by atoms with van der Waals surface area (Å²) in [5, 5.41) is 10.1. The van der Waals surface area contributed by atoms with Crippen LogP contribution in [0.15, 0.2) is 33.6 Å². The van der Waals surface area contributed by atoms with Crippen molar-refractivity contribution in [1.29, 1.82) is 0 Å². The van der Waals surface area contributed by atoms with Gasteiger partial charge >= 0.3 is 0 Å². The van der Waals surface area contributed by atoms with Crippen LogP contribution < -0.4 is 0 Å². The zero-order valence-corrected chi connectivity index (χ0v) is 14.3. The number of hydrogen-bond donors (Lipinski definition) is 1. The second-order valence-electron chi connectivity index (χ2n) is 5.48. The minimum atomic E-state index is -3.74. The van der Waals surface area contributed by atoms with E-state index in [9.17, 15) is 13.5 Å². The maximum absolute atomic E-state index is 12.0. The van der Waals surface area contributed by atoms with Gasteiger partial charge in [-0.25, -0.2) is 0 Å². The summed E-state index contributed by atoms with van der Waals surface area (Å²) < 4.78 is 29.8. The predicted octanol–water partition coefficient (Wildman–Crippen LogP) is 3.49. The molecule has 0 bridgehead atoms. The van der Waals surface area contributed by atoms with Crippen molar-refractivity contribution in [2.45, 2.75) is 49.5 Å². The van der Waals surface area contributed by atoms with Crippen molar-refractivity contribution in [1.82, 2.24) is 0 Å². The largest absolute Gasteiger partial charge is 0.393 e. The predicted molar refractivity (Wildman–Crippen MR) is 84.5 cm³/mol. The lowest BCUT2D eigenvalue weighted by molar-refractivity contribution is 0.0649. The number of aliphatic hydroxyl groups is 1. The van der Waals surface area contributed by atoms with E-state index in [4.69, 9.17) is 4.18 Å². The van der Waals surface area contributed by atoms with E-state index in [1.54, 1.807) is 12.1 Å². The summed E-state index contributed by atoms with van der Waals surface area (Å²) in [7, 11) is -3.74. The molecule has 0 radical (unpaired) electrons. The average molecular weight is 377 g/mol. The lowest BCUT2D eigenvalue weighted by atomic mass is 9.84. The van der Waals surface area contributed by atoms with Gasteiger partial charge in [0.2, 0.25) is 0 Å². The molecule has 4 nitrogen and oxygen atoms in total. The highest BCUT2D eigenvalue weighted by Crippen LogP contribution is 2.28. The van der Waals surface area contributed by atoms with Gasteiger partial charge in [0.05, 0.1) is 17.6 Å². The van der Waals surface area contributed by atoms with Crippen LogP contribution in [0.3, 0.4) is 0 Å². The Labute approximate surface area is 134 Å². The SMILES string of the molecule is O=S(=O)(OCCC(O)C1CCCCC1)c1ccc(Br)cc1. The molecule has 1 saturated carbocycles. The zero-order chi connectivity index (χ0) is 15.3. The smallest absolute Gasteiger partial charge is 0.296 e. The first-order chi connectivity index (χ1) is 9.99. The van der Waals surface area contributed by atoms with Crippen LogP contribution in [0.1, 0.15) is 38.5 Å². The summed E-state index contributed by atoms with van der Waals surface area (Å²) >= 11 is 3.26. The van der Waals surface area contributed by atoms with Crippen LogP contribution in [0.25, 0.3) is 0 Å². The molecule has 1 aromatic rings. The minimum absolute atomic E-state index is 0.0239. The van der Waals surface area contributed by atoms with Crippen molar-refractivity contribution >= 4 is 26.0 Å². The van der Waals surface area contributed by atoms with E-state index in [-0.39, 0.29) is 17.4 Å². The fraction of sp³-hybridized carbons (Fsp3) is 0.600. The van der Waals surface area contributed by atoms with Gasteiger partial charge in [-0.1, -0.05) is 35.2 Å². The van der Waals surface area contributed by atoms with Crippen molar-refractivity contribution in [2.75, 3.05) is 6.61 Å². The molecule has 0 aliphatic heterocycles. The van der Waals surface area contributed by atoms with Gasteiger partial charge in [0.1, 0.15) is 0 Å². The molecule has 2 rings (SSSR count). The lowest BCUT2D eigenvalue weighted by Gasteiger charge is -2.26. The second kappa shape index (κ2) is 7.72. The van der Waals surface area contributed by atoms with E-state index in [1.807, 2.05) is 0 Å². The molecule has 1 fully saturated rings. The summed E-state index contributed by atoms with van der Waals surface area (Å²) in [5.74, 6) is 0.290. The molecular weight excluding hydrogens is 356 g/mol. The summed E-state index contributed by atoms with van der Waals surface area (Å²) in [6, 6.07) is 6.31. The average Bonchev–Trinajstić information content (AvgIpc) is 2.48. The van der Waals surface area contributed by atoms with Gasteiger partial charge in [-0.2, -0.15) is 8.42 Å². The van der Waals surface area contributed by atoms with E-state index in [2.05, 4.69) is 15.9 Å². The van der Waals surface area contributed by atoms with Gasteiger partial charge in [0.25, 0.3) is 10.1 Å². The summed E-state index contributed by atoms with van der Waals surface area (Å²) in [6.45, 7) is 0.0239. The molecule has 0 aromatic heterocycles. The molecule has 0 saturated heterocycles. The number of halogens is 1. The van der Waals surface area contributed by atoms with Gasteiger partial charge in [-0.3, -0.25) is 4.18 Å². The Balaban J connectivity index is 1.83. The van der Waals surface area contributed by atoms with E-state index in [0.29, 0.717) is 6.42 Å². The fourth-order valence-corrected chi connectivity index (χ4v) is 3.89. The Morgan fingerprint density at radius 3 is 2.43 bits per heavy atom. The van der Waals surface area contributed by atoms with Crippen LogP contribution in [0, 0.1) is 5.92 Å². The van der Waals surface area contributed by atoms with Gasteiger partial charge in [-0.05, 0) is 49.4 Å². The van der Waals surface area contributed by atoms with Crippen molar-refractivity contribution in [3.8, 4) is 0 Å². The lowest BCUT2D eigenvalue weighted by Crippen LogP contribution is -2.24. The third-order valence-corrected chi connectivity index (χ3v) is 5.80. The Bertz CT molecular complexity index is 535. The molecule has 0 amide bonds. The van der Waals surface area contributed by atoms with E-state index < -0.39 is 16.2 Å². The maximum atomic E-state index is 12.0. The van der Waals surface area contributed by atoms with E-state index in [0.717, 1.165) is 30.2 Å². The highest BCUT2D eigenvalue weighted by molar-refractivity contribution is 9.10. The molecule has 118 valence electrons. The molecule has 6 heteroatoms. The molecule has 1 unspecified atom stereocenters. The highest BCUT2D eigenvalue weighted by Gasteiger charge is 2.22.